The van der Waals surface area contributed by atoms with Crippen molar-refractivity contribution in [1.29, 1.82) is 0 Å². The molecule has 0 bridgehead atoms. The maximum Gasteiger partial charge on any atom is 0.243 e. The summed E-state index contributed by atoms with van der Waals surface area (Å²) in [6.07, 6.45) is 0. The summed E-state index contributed by atoms with van der Waals surface area (Å²) < 4.78 is 26.3. The summed E-state index contributed by atoms with van der Waals surface area (Å²) in [5.74, 6) is 0. The van der Waals surface area contributed by atoms with E-state index in [-0.39, 0.29) is 6.04 Å². The van der Waals surface area contributed by atoms with Gasteiger partial charge >= 0.3 is 0 Å². The SMILES string of the molecule is Cc1[c]ccc(S(=O)(=O)N2CCNC(C)C2)c1. The number of piperazine rings is 1. The van der Waals surface area contributed by atoms with E-state index in [2.05, 4.69) is 11.4 Å². The van der Waals surface area contributed by atoms with Gasteiger partial charge in [-0.05, 0) is 37.6 Å². The molecule has 1 aromatic rings. The fourth-order valence-corrected chi connectivity index (χ4v) is 3.60. The first-order valence-electron chi connectivity index (χ1n) is 5.72. The van der Waals surface area contributed by atoms with E-state index in [0.29, 0.717) is 24.5 Å². The Kier molecular flexibility index (Phi) is 3.51. The second kappa shape index (κ2) is 4.76. The number of benzene rings is 1. The Balaban J connectivity index is 2.29. The first-order valence-corrected chi connectivity index (χ1v) is 7.16. The van der Waals surface area contributed by atoms with Gasteiger partial charge in [-0.3, -0.25) is 0 Å². The standard InChI is InChI=1S/C12H17N2O2S/c1-10-4-3-5-12(8-10)17(15,16)14-7-6-13-11(2)9-14/h3,5,8,11,13H,6-7,9H2,1-2H3. The molecule has 0 aliphatic carbocycles. The van der Waals surface area contributed by atoms with Crippen molar-refractivity contribution in [2.45, 2.75) is 24.8 Å². The number of hydrogen-bond acceptors (Lipinski definition) is 3. The van der Waals surface area contributed by atoms with E-state index in [1.165, 1.54) is 0 Å². The summed E-state index contributed by atoms with van der Waals surface area (Å²) in [4.78, 5) is 0.364. The number of sulfonamides is 1. The maximum atomic E-state index is 12.4. The molecule has 1 unspecified atom stereocenters. The second-order valence-electron chi connectivity index (χ2n) is 4.43. The molecule has 0 amide bonds. The summed E-state index contributed by atoms with van der Waals surface area (Å²) in [5, 5.41) is 3.23. The quantitative estimate of drug-likeness (QED) is 0.847. The van der Waals surface area contributed by atoms with Crippen LogP contribution in [0, 0.1) is 13.0 Å². The zero-order valence-electron chi connectivity index (χ0n) is 10.1. The van der Waals surface area contributed by atoms with E-state index in [4.69, 9.17) is 0 Å². The van der Waals surface area contributed by atoms with Crippen LogP contribution in [0.15, 0.2) is 23.1 Å². The second-order valence-corrected chi connectivity index (χ2v) is 6.36. The first-order chi connectivity index (χ1) is 8.00. The van der Waals surface area contributed by atoms with Gasteiger partial charge in [0.1, 0.15) is 0 Å². The molecule has 1 aliphatic heterocycles. The van der Waals surface area contributed by atoms with Gasteiger partial charge in [-0.1, -0.05) is 6.07 Å². The Hall–Kier alpha value is -0.910. The van der Waals surface area contributed by atoms with Crippen molar-refractivity contribution in [1.82, 2.24) is 9.62 Å². The Morgan fingerprint density at radius 1 is 1.53 bits per heavy atom. The van der Waals surface area contributed by atoms with Gasteiger partial charge in [-0.25, -0.2) is 8.42 Å². The molecule has 0 saturated carbocycles. The van der Waals surface area contributed by atoms with Crippen molar-refractivity contribution < 1.29 is 8.42 Å². The molecule has 5 heteroatoms. The summed E-state index contributed by atoms with van der Waals surface area (Å²) in [7, 11) is -3.34. The van der Waals surface area contributed by atoms with Crippen molar-refractivity contribution in [3.63, 3.8) is 0 Å². The largest absolute Gasteiger partial charge is 0.312 e. The van der Waals surface area contributed by atoms with E-state index >= 15 is 0 Å². The Bertz CT molecular complexity index is 499. The van der Waals surface area contributed by atoms with Crippen LogP contribution in [0.4, 0.5) is 0 Å². The molecule has 1 N–H and O–H groups in total. The van der Waals surface area contributed by atoms with E-state index < -0.39 is 10.0 Å². The molecule has 1 aromatic carbocycles. The van der Waals surface area contributed by atoms with Gasteiger partial charge in [0.2, 0.25) is 10.0 Å². The molecule has 1 fully saturated rings. The van der Waals surface area contributed by atoms with Crippen LogP contribution in [-0.4, -0.2) is 38.4 Å². The fourth-order valence-electron chi connectivity index (χ4n) is 1.98. The molecule has 0 aromatic heterocycles. The number of rotatable bonds is 2. The van der Waals surface area contributed by atoms with Gasteiger partial charge in [0, 0.05) is 25.7 Å². The lowest BCUT2D eigenvalue weighted by atomic mass is 10.2. The zero-order chi connectivity index (χ0) is 12.5. The monoisotopic (exact) mass is 253 g/mol. The zero-order valence-corrected chi connectivity index (χ0v) is 10.9. The summed E-state index contributed by atoms with van der Waals surface area (Å²) in [5.41, 5.74) is 0.842. The molecule has 2 rings (SSSR count). The minimum atomic E-state index is -3.34. The third kappa shape index (κ3) is 2.68. The average Bonchev–Trinajstić information content (AvgIpc) is 2.29. The van der Waals surface area contributed by atoms with Gasteiger partial charge in [0.05, 0.1) is 4.90 Å². The number of nitrogens with zero attached hydrogens (tertiary/aromatic N) is 1. The highest BCUT2D eigenvalue weighted by Gasteiger charge is 2.28. The summed E-state index contributed by atoms with van der Waals surface area (Å²) in [6, 6.07) is 8.10. The Morgan fingerprint density at radius 3 is 2.94 bits per heavy atom. The van der Waals surface area contributed by atoms with Gasteiger partial charge in [0.25, 0.3) is 0 Å². The minimum absolute atomic E-state index is 0.204. The Labute approximate surface area is 103 Å². The van der Waals surface area contributed by atoms with Crippen LogP contribution in [0.25, 0.3) is 0 Å². The molecular formula is C12H17N2O2S. The van der Waals surface area contributed by atoms with Crippen molar-refractivity contribution in [2.75, 3.05) is 19.6 Å². The van der Waals surface area contributed by atoms with Crippen molar-refractivity contribution in [3.8, 4) is 0 Å². The molecule has 93 valence electrons. The number of nitrogens with one attached hydrogen (secondary N) is 1. The minimum Gasteiger partial charge on any atom is -0.312 e. The predicted octanol–water partition coefficient (Wildman–Crippen LogP) is 0.778. The molecule has 17 heavy (non-hydrogen) atoms. The van der Waals surface area contributed by atoms with Crippen molar-refractivity contribution in [3.05, 3.63) is 29.8 Å². The van der Waals surface area contributed by atoms with Crippen LogP contribution in [-0.2, 0) is 10.0 Å². The highest BCUT2D eigenvalue weighted by atomic mass is 32.2. The van der Waals surface area contributed by atoms with Gasteiger partial charge in [-0.15, -0.1) is 0 Å². The van der Waals surface area contributed by atoms with Gasteiger partial charge in [0.15, 0.2) is 0 Å². The van der Waals surface area contributed by atoms with E-state index in [0.717, 1.165) is 5.56 Å². The third-order valence-corrected chi connectivity index (χ3v) is 4.75. The van der Waals surface area contributed by atoms with Crippen LogP contribution in [0.5, 0.6) is 0 Å². The van der Waals surface area contributed by atoms with E-state index in [1.54, 1.807) is 22.5 Å². The first kappa shape index (κ1) is 12.5. The molecular weight excluding hydrogens is 236 g/mol. The lowest BCUT2D eigenvalue weighted by Crippen LogP contribution is -2.51. The van der Waals surface area contributed by atoms with Crippen LogP contribution in [0.1, 0.15) is 12.5 Å². The molecule has 1 radical (unpaired) electrons. The van der Waals surface area contributed by atoms with Crippen molar-refractivity contribution >= 4 is 10.0 Å². The lowest BCUT2D eigenvalue weighted by molar-refractivity contribution is 0.310. The molecule has 1 saturated heterocycles. The van der Waals surface area contributed by atoms with Gasteiger partial charge < -0.3 is 5.32 Å². The molecule has 0 spiro atoms. The molecule has 1 aliphatic rings. The van der Waals surface area contributed by atoms with Crippen LogP contribution < -0.4 is 5.32 Å². The van der Waals surface area contributed by atoms with E-state index in [1.807, 2.05) is 13.8 Å². The summed E-state index contributed by atoms with van der Waals surface area (Å²) >= 11 is 0. The van der Waals surface area contributed by atoms with Crippen LogP contribution in [0.3, 0.4) is 0 Å². The highest BCUT2D eigenvalue weighted by molar-refractivity contribution is 7.89. The topological polar surface area (TPSA) is 49.4 Å². The fraction of sp³-hybridized carbons (Fsp3) is 0.500. The molecule has 1 atom stereocenters. The third-order valence-electron chi connectivity index (χ3n) is 2.89. The normalized spacial score (nSPS) is 22.6. The Morgan fingerprint density at radius 2 is 2.29 bits per heavy atom. The van der Waals surface area contributed by atoms with Crippen LogP contribution >= 0.6 is 0 Å². The smallest absolute Gasteiger partial charge is 0.243 e. The molecule has 4 nitrogen and oxygen atoms in total. The molecule has 1 heterocycles. The van der Waals surface area contributed by atoms with E-state index in [9.17, 15) is 8.42 Å². The van der Waals surface area contributed by atoms with Crippen molar-refractivity contribution in [2.24, 2.45) is 0 Å². The predicted molar refractivity (Wildman–Crippen MR) is 66.2 cm³/mol. The number of aryl methyl sites for hydroxylation is 1. The summed E-state index contributed by atoms with van der Waals surface area (Å²) in [6.45, 7) is 5.60. The highest BCUT2D eigenvalue weighted by Crippen LogP contribution is 2.17. The average molecular weight is 253 g/mol. The maximum absolute atomic E-state index is 12.4. The van der Waals surface area contributed by atoms with Gasteiger partial charge in [-0.2, -0.15) is 4.31 Å². The number of hydrogen-bond donors (Lipinski definition) is 1. The lowest BCUT2D eigenvalue weighted by Gasteiger charge is -2.31. The van der Waals surface area contributed by atoms with Crippen LogP contribution in [0.2, 0.25) is 0 Å².